The van der Waals surface area contributed by atoms with Gasteiger partial charge in [0.2, 0.25) is 0 Å². The monoisotopic (exact) mass is 599 g/mol. The van der Waals surface area contributed by atoms with Crippen LogP contribution in [0.5, 0.6) is 0 Å². The number of nitrogen functional groups attached to an aromatic ring is 1. The molecule has 0 spiro atoms. The number of anilines is 1. The van der Waals surface area contributed by atoms with E-state index >= 15 is 0 Å². The minimum Gasteiger partial charge on any atom is -0.381 e. The van der Waals surface area contributed by atoms with Gasteiger partial charge in [0.25, 0.3) is 0 Å². The van der Waals surface area contributed by atoms with Crippen LogP contribution in [0, 0.1) is 20.8 Å². The van der Waals surface area contributed by atoms with E-state index in [0.29, 0.717) is 34.2 Å². The molecule has 0 atom stereocenters. The van der Waals surface area contributed by atoms with Crippen molar-refractivity contribution in [1.82, 2.24) is 19.9 Å². The number of hydrogen-bond acceptors (Lipinski definition) is 8. The first-order valence-corrected chi connectivity index (χ1v) is 15.2. The van der Waals surface area contributed by atoms with Crippen LogP contribution in [0.25, 0.3) is 22.5 Å². The summed E-state index contributed by atoms with van der Waals surface area (Å²) in [7, 11) is -4.33. The first kappa shape index (κ1) is 29.5. The first-order chi connectivity index (χ1) is 19.0. The van der Waals surface area contributed by atoms with Crippen molar-refractivity contribution < 1.29 is 17.5 Å². The molecular formula is C28H30ClN5O4S2. The fourth-order valence-corrected chi connectivity index (χ4v) is 6.30. The van der Waals surface area contributed by atoms with Crippen molar-refractivity contribution >= 4 is 38.9 Å². The molecule has 3 aromatic heterocycles. The third kappa shape index (κ3) is 6.79. The summed E-state index contributed by atoms with van der Waals surface area (Å²) in [5.41, 5.74) is 9.14. The molecule has 3 heterocycles. The summed E-state index contributed by atoms with van der Waals surface area (Å²) in [6.45, 7) is 8.34. The first-order valence-electron chi connectivity index (χ1n) is 12.5. The zero-order valence-electron chi connectivity index (χ0n) is 22.6. The fraction of sp³-hybridized carbons (Fsp3) is 0.250. The number of halogens is 1. The average Bonchev–Trinajstić information content (AvgIpc) is 3.59. The summed E-state index contributed by atoms with van der Waals surface area (Å²) in [6, 6.07) is 17.1. The Kier molecular flexibility index (Phi) is 9.09. The lowest BCUT2D eigenvalue weighted by Gasteiger charge is -2.08. The molecule has 0 amide bonds. The molecule has 12 heteroatoms. The number of benzene rings is 2. The fourth-order valence-electron chi connectivity index (χ4n) is 3.98. The predicted molar refractivity (Wildman–Crippen MR) is 158 cm³/mol. The van der Waals surface area contributed by atoms with Crippen molar-refractivity contribution in [2.45, 2.75) is 51.3 Å². The highest BCUT2D eigenvalue weighted by Crippen LogP contribution is 2.38. The second-order valence-electron chi connectivity index (χ2n) is 9.21. The van der Waals surface area contributed by atoms with Crippen molar-refractivity contribution in [3.8, 4) is 22.5 Å². The topological polar surface area (TPSA) is 137 Å². The Morgan fingerprint density at radius 2 is 1.80 bits per heavy atom. The van der Waals surface area contributed by atoms with E-state index in [2.05, 4.69) is 17.2 Å². The van der Waals surface area contributed by atoms with Gasteiger partial charge in [-0.3, -0.25) is 4.55 Å². The van der Waals surface area contributed by atoms with Crippen LogP contribution in [0.2, 0.25) is 5.02 Å². The molecule has 5 rings (SSSR count). The molecule has 0 saturated carbocycles. The van der Waals surface area contributed by atoms with Crippen molar-refractivity contribution in [1.29, 1.82) is 0 Å². The Labute approximate surface area is 242 Å². The molecule has 0 aliphatic heterocycles. The molecule has 0 radical (unpaired) electrons. The smallest absolute Gasteiger partial charge is 0.304 e. The standard InChI is InChI=1S/C23H22ClN3O3S2.C5H8N2O/c1-3-11-27-21(25-22(26-27)17-7-5-4-6-8-17)14-16-9-10-18(20(24)13-16)19-12-15(2)31-23(19)32(28,29)30;1-3-4(2)8-7-5(3)6/h4-10,12-13H,3,11,14H2,1-2H3,(H,28,29,30);1-2H3,(H2,6,7). The van der Waals surface area contributed by atoms with E-state index in [9.17, 15) is 13.0 Å². The maximum atomic E-state index is 11.8. The lowest BCUT2D eigenvalue weighted by Crippen LogP contribution is -2.06. The van der Waals surface area contributed by atoms with Gasteiger partial charge >= 0.3 is 10.1 Å². The Morgan fingerprint density at radius 1 is 1.07 bits per heavy atom. The maximum absolute atomic E-state index is 11.8. The molecule has 2 aromatic carbocycles. The number of hydrogen-bond donors (Lipinski definition) is 2. The van der Waals surface area contributed by atoms with Crippen molar-refractivity contribution in [3.63, 3.8) is 0 Å². The van der Waals surface area contributed by atoms with Crippen LogP contribution in [0.3, 0.4) is 0 Å². The van der Waals surface area contributed by atoms with E-state index in [4.69, 9.17) is 26.8 Å². The summed E-state index contributed by atoms with van der Waals surface area (Å²) < 4.78 is 39.7. The van der Waals surface area contributed by atoms with E-state index in [1.54, 1.807) is 19.1 Å². The van der Waals surface area contributed by atoms with Crippen LogP contribution in [-0.2, 0) is 23.1 Å². The molecule has 210 valence electrons. The van der Waals surface area contributed by atoms with Gasteiger partial charge in [0.1, 0.15) is 11.6 Å². The van der Waals surface area contributed by atoms with Crippen molar-refractivity contribution in [2.24, 2.45) is 0 Å². The van der Waals surface area contributed by atoms with Crippen LogP contribution in [0.1, 0.15) is 40.9 Å². The molecule has 9 nitrogen and oxygen atoms in total. The highest BCUT2D eigenvalue weighted by Gasteiger charge is 2.22. The summed E-state index contributed by atoms with van der Waals surface area (Å²) >= 11 is 7.57. The number of aromatic nitrogens is 4. The minimum absolute atomic E-state index is 0.0974. The zero-order chi connectivity index (χ0) is 29.0. The van der Waals surface area contributed by atoms with Crippen LogP contribution in [0.15, 0.2) is 63.3 Å². The number of aryl methyl sites for hydroxylation is 3. The molecule has 0 fully saturated rings. The van der Waals surface area contributed by atoms with Crippen LogP contribution < -0.4 is 5.73 Å². The lowest BCUT2D eigenvalue weighted by molar-refractivity contribution is 0.399. The quantitative estimate of drug-likeness (QED) is 0.196. The van der Waals surface area contributed by atoms with Gasteiger partial charge in [-0.25, -0.2) is 9.67 Å². The summed E-state index contributed by atoms with van der Waals surface area (Å²) in [5.74, 6) is 2.80. The van der Waals surface area contributed by atoms with Gasteiger partial charge in [0.05, 0.1) is 0 Å². The average molecular weight is 600 g/mol. The molecule has 0 saturated heterocycles. The van der Waals surface area contributed by atoms with E-state index < -0.39 is 10.1 Å². The van der Waals surface area contributed by atoms with Gasteiger partial charge in [0.15, 0.2) is 15.9 Å². The van der Waals surface area contributed by atoms with Gasteiger partial charge in [0, 0.05) is 45.1 Å². The number of nitrogens with zero attached hydrogens (tertiary/aromatic N) is 4. The van der Waals surface area contributed by atoms with Gasteiger partial charge in [-0.1, -0.05) is 66.1 Å². The normalized spacial score (nSPS) is 11.3. The number of nitrogens with two attached hydrogens (primary N) is 1. The zero-order valence-corrected chi connectivity index (χ0v) is 24.9. The second-order valence-corrected chi connectivity index (χ2v) is 12.5. The summed E-state index contributed by atoms with van der Waals surface area (Å²) in [5, 5.41) is 8.61. The predicted octanol–water partition coefficient (Wildman–Crippen LogP) is 6.76. The van der Waals surface area contributed by atoms with Crippen LogP contribution >= 0.6 is 22.9 Å². The Hall–Kier alpha value is -3.51. The van der Waals surface area contributed by atoms with Crippen LogP contribution in [0.4, 0.5) is 5.82 Å². The van der Waals surface area contributed by atoms with Gasteiger partial charge in [-0.2, -0.15) is 13.5 Å². The second kappa shape index (κ2) is 12.3. The largest absolute Gasteiger partial charge is 0.381 e. The molecule has 0 aliphatic carbocycles. The van der Waals surface area contributed by atoms with E-state index in [0.717, 1.165) is 57.5 Å². The SMILES string of the molecule is CCCn1nc(-c2ccccc2)nc1Cc1ccc(-c2cc(C)sc2S(=O)(=O)O)c(Cl)c1.Cc1onc(N)c1C. The summed E-state index contributed by atoms with van der Waals surface area (Å²) in [4.78, 5) is 5.52. The van der Waals surface area contributed by atoms with Crippen molar-refractivity contribution in [3.05, 3.63) is 87.2 Å². The van der Waals surface area contributed by atoms with E-state index in [-0.39, 0.29) is 4.21 Å². The van der Waals surface area contributed by atoms with E-state index in [1.165, 1.54) is 0 Å². The Balaban J connectivity index is 0.000000398. The van der Waals surface area contributed by atoms with Crippen molar-refractivity contribution in [2.75, 3.05) is 5.73 Å². The Bertz CT molecular complexity index is 1710. The molecule has 0 unspecified atom stereocenters. The molecule has 5 aromatic rings. The molecule has 0 aliphatic rings. The molecule has 0 bridgehead atoms. The molecular weight excluding hydrogens is 570 g/mol. The number of thiophene rings is 1. The highest BCUT2D eigenvalue weighted by molar-refractivity contribution is 7.88. The third-order valence-electron chi connectivity index (χ3n) is 6.15. The number of rotatable bonds is 7. The van der Waals surface area contributed by atoms with Gasteiger partial charge in [-0.05, 0) is 44.9 Å². The van der Waals surface area contributed by atoms with Gasteiger partial charge in [-0.15, -0.1) is 11.3 Å². The Morgan fingerprint density at radius 3 is 2.35 bits per heavy atom. The lowest BCUT2D eigenvalue weighted by atomic mass is 10.0. The third-order valence-corrected chi connectivity index (χ3v) is 8.88. The maximum Gasteiger partial charge on any atom is 0.304 e. The molecule has 3 N–H and O–H groups in total. The highest BCUT2D eigenvalue weighted by atomic mass is 35.5. The minimum atomic E-state index is -4.33. The van der Waals surface area contributed by atoms with Gasteiger partial charge < -0.3 is 10.3 Å². The summed E-state index contributed by atoms with van der Waals surface area (Å²) in [6.07, 6.45) is 1.47. The van der Waals surface area contributed by atoms with Crippen LogP contribution in [-0.4, -0.2) is 32.9 Å². The molecule has 40 heavy (non-hydrogen) atoms. The van der Waals surface area contributed by atoms with E-state index in [1.807, 2.05) is 61.0 Å².